The van der Waals surface area contributed by atoms with E-state index in [0.717, 1.165) is 31.1 Å². The lowest BCUT2D eigenvalue weighted by molar-refractivity contribution is 0.160. The van der Waals surface area contributed by atoms with Crippen molar-refractivity contribution >= 4 is 52.2 Å². The Morgan fingerprint density at radius 3 is 2.41 bits per heavy atom. The lowest BCUT2D eigenvalue weighted by Crippen LogP contribution is -2.32. The van der Waals surface area contributed by atoms with Gasteiger partial charge in [0.05, 0.1) is 22.3 Å². The SMILES string of the molecule is CN1CCC(COc2ccc(Nc3cc(NC(=O)Nc4c(Cl)cccc4Cl)ncn3)cc2)CC1. The van der Waals surface area contributed by atoms with Crippen LogP contribution in [0.25, 0.3) is 0 Å². The minimum Gasteiger partial charge on any atom is -0.493 e. The minimum absolute atomic E-state index is 0.316. The van der Waals surface area contributed by atoms with E-state index in [2.05, 4.69) is 37.9 Å². The first-order valence-electron chi connectivity index (χ1n) is 11.0. The van der Waals surface area contributed by atoms with Crippen molar-refractivity contribution in [3.8, 4) is 5.75 Å². The number of likely N-dealkylation sites (tertiary alicyclic amines) is 1. The number of benzene rings is 2. The van der Waals surface area contributed by atoms with Gasteiger partial charge in [-0.05, 0) is 75.3 Å². The van der Waals surface area contributed by atoms with Gasteiger partial charge in [0.25, 0.3) is 0 Å². The third kappa shape index (κ3) is 6.72. The molecule has 2 aromatic carbocycles. The van der Waals surface area contributed by atoms with E-state index in [4.69, 9.17) is 27.9 Å². The van der Waals surface area contributed by atoms with E-state index in [1.807, 2.05) is 24.3 Å². The average Bonchev–Trinajstić information content (AvgIpc) is 2.82. The number of nitrogens with zero attached hydrogens (tertiary/aromatic N) is 3. The number of hydrogen-bond acceptors (Lipinski definition) is 6. The number of halogens is 2. The van der Waals surface area contributed by atoms with Gasteiger partial charge in [0.15, 0.2) is 0 Å². The number of ether oxygens (including phenoxy) is 1. The Morgan fingerprint density at radius 2 is 1.71 bits per heavy atom. The number of carbonyl (C=O) groups is 1. The van der Waals surface area contributed by atoms with Gasteiger partial charge in [-0.15, -0.1) is 0 Å². The van der Waals surface area contributed by atoms with Crippen LogP contribution in [0.5, 0.6) is 5.75 Å². The summed E-state index contributed by atoms with van der Waals surface area (Å²) in [6, 6.07) is 13.8. The minimum atomic E-state index is -0.522. The number of nitrogens with one attached hydrogen (secondary N) is 3. The van der Waals surface area contributed by atoms with Gasteiger partial charge in [-0.1, -0.05) is 29.3 Å². The van der Waals surface area contributed by atoms with Crippen LogP contribution < -0.4 is 20.7 Å². The molecule has 1 aromatic heterocycles. The van der Waals surface area contributed by atoms with Gasteiger partial charge in [-0.25, -0.2) is 14.8 Å². The number of carbonyl (C=O) groups excluding carboxylic acids is 1. The molecule has 1 fully saturated rings. The normalized spacial score (nSPS) is 14.4. The fourth-order valence-electron chi connectivity index (χ4n) is 3.60. The quantitative estimate of drug-likeness (QED) is 0.374. The molecular weight excluding hydrogens is 475 g/mol. The standard InChI is InChI=1S/C24H26Cl2N6O2/c1-32-11-9-16(10-12-32)14-34-18-7-5-17(6-8-18)29-21-13-22(28-15-27-21)30-24(33)31-23-19(25)3-2-4-20(23)26/h2-8,13,15-16H,9-12,14H2,1H3,(H3,27,28,29,30,31,33). The highest BCUT2D eigenvalue weighted by Gasteiger charge is 2.17. The van der Waals surface area contributed by atoms with Crippen molar-refractivity contribution in [2.45, 2.75) is 12.8 Å². The summed E-state index contributed by atoms with van der Waals surface area (Å²) in [6.45, 7) is 2.99. The van der Waals surface area contributed by atoms with E-state index in [1.165, 1.54) is 19.2 Å². The molecule has 0 unspecified atom stereocenters. The van der Waals surface area contributed by atoms with Crippen molar-refractivity contribution in [1.82, 2.24) is 14.9 Å². The molecule has 1 aliphatic rings. The molecule has 0 bridgehead atoms. The maximum Gasteiger partial charge on any atom is 0.324 e. The molecule has 0 radical (unpaired) electrons. The summed E-state index contributed by atoms with van der Waals surface area (Å²) in [6.07, 6.45) is 3.70. The molecule has 2 amide bonds. The second-order valence-corrected chi connectivity index (χ2v) is 8.99. The molecule has 0 spiro atoms. The Hall–Kier alpha value is -3.07. The van der Waals surface area contributed by atoms with Crippen LogP contribution in [0.3, 0.4) is 0 Å². The first-order valence-corrected chi connectivity index (χ1v) is 11.7. The Morgan fingerprint density at radius 1 is 1.03 bits per heavy atom. The van der Waals surface area contributed by atoms with Gasteiger partial charge in [0, 0.05) is 11.8 Å². The maximum atomic E-state index is 12.3. The van der Waals surface area contributed by atoms with Crippen molar-refractivity contribution in [2.24, 2.45) is 5.92 Å². The molecule has 0 atom stereocenters. The number of amides is 2. The fourth-order valence-corrected chi connectivity index (χ4v) is 4.09. The largest absolute Gasteiger partial charge is 0.493 e. The van der Waals surface area contributed by atoms with Crippen molar-refractivity contribution < 1.29 is 9.53 Å². The summed E-state index contributed by atoms with van der Waals surface area (Å²) < 4.78 is 5.97. The van der Waals surface area contributed by atoms with Crippen LogP contribution in [0.1, 0.15) is 12.8 Å². The van der Waals surface area contributed by atoms with Gasteiger partial charge >= 0.3 is 6.03 Å². The van der Waals surface area contributed by atoms with Crippen molar-refractivity contribution in [1.29, 1.82) is 0 Å². The van der Waals surface area contributed by atoms with Crippen LogP contribution in [-0.4, -0.2) is 47.6 Å². The fraction of sp³-hybridized carbons (Fsp3) is 0.292. The summed E-state index contributed by atoms with van der Waals surface area (Å²) in [5.41, 5.74) is 1.16. The molecule has 3 N–H and O–H groups in total. The third-order valence-electron chi connectivity index (χ3n) is 5.56. The number of urea groups is 1. The van der Waals surface area contributed by atoms with Gasteiger partial charge < -0.3 is 20.3 Å². The van der Waals surface area contributed by atoms with Crippen molar-refractivity contribution in [3.05, 3.63) is 64.9 Å². The molecular formula is C24H26Cl2N6O2. The van der Waals surface area contributed by atoms with Crippen LogP contribution in [0.4, 0.5) is 27.8 Å². The molecule has 1 aliphatic heterocycles. The van der Waals surface area contributed by atoms with Gasteiger partial charge in [-0.2, -0.15) is 0 Å². The lowest BCUT2D eigenvalue weighted by atomic mass is 9.98. The highest BCUT2D eigenvalue weighted by atomic mass is 35.5. The van der Waals surface area contributed by atoms with Gasteiger partial charge in [-0.3, -0.25) is 5.32 Å². The lowest BCUT2D eigenvalue weighted by Gasteiger charge is -2.28. The van der Waals surface area contributed by atoms with Crippen LogP contribution in [0.2, 0.25) is 10.0 Å². The molecule has 4 rings (SSSR count). The molecule has 8 nitrogen and oxygen atoms in total. The van der Waals surface area contributed by atoms with Crippen LogP contribution >= 0.6 is 23.2 Å². The van der Waals surface area contributed by atoms with Crippen molar-refractivity contribution in [2.75, 3.05) is 42.7 Å². The number of rotatable bonds is 7. The second kappa shape index (κ2) is 11.4. The average molecular weight is 501 g/mol. The second-order valence-electron chi connectivity index (χ2n) is 8.17. The highest BCUT2D eigenvalue weighted by Crippen LogP contribution is 2.30. The zero-order valence-corrected chi connectivity index (χ0v) is 20.2. The molecule has 3 aromatic rings. The summed E-state index contributed by atoms with van der Waals surface area (Å²) in [5.74, 6) is 2.29. The van der Waals surface area contributed by atoms with Crippen LogP contribution in [-0.2, 0) is 0 Å². The molecule has 0 aliphatic carbocycles. The Labute approximate surface area is 208 Å². The third-order valence-corrected chi connectivity index (χ3v) is 6.19. The summed E-state index contributed by atoms with van der Waals surface area (Å²) >= 11 is 12.2. The van der Waals surface area contributed by atoms with E-state index in [9.17, 15) is 4.79 Å². The van der Waals surface area contributed by atoms with E-state index < -0.39 is 6.03 Å². The summed E-state index contributed by atoms with van der Waals surface area (Å²) in [7, 11) is 2.16. The van der Waals surface area contributed by atoms with E-state index in [1.54, 1.807) is 24.3 Å². The van der Waals surface area contributed by atoms with Crippen LogP contribution in [0.15, 0.2) is 54.9 Å². The molecule has 0 saturated carbocycles. The van der Waals surface area contributed by atoms with E-state index in [-0.39, 0.29) is 0 Å². The van der Waals surface area contributed by atoms with E-state index in [0.29, 0.717) is 33.3 Å². The summed E-state index contributed by atoms with van der Waals surface area (Å²) in [4.78, 5) is 23.0. The first-order chi connectivity index (χ1) is 16.5. The first kappa shape index (κ1) is 24.1. The molecule has 2 heterocycles. The summed E-state index contributed by atoms with van der Waals surface area (Å²) in [5, 5.41) is 9.15. The number of piperidine rings is 1. The monoisotopic (exact) mass is 500 g/mol. The van der Waals surface area contributed by atoms with Crippen LogP contribution in [0, 0.1) is 5.92 Å². The maximum absolute atomic E-state index is 12.3. The molecule has 1 saturated heterocycles. The number of hydrogen-bond donors (Lipinski definition) is 3. The molecule has 178 valence electrons. The molecule has 34 heavy (non-hydrogen) atoms. The van der Waals surface area contributed by atoms with E-state index >= 15 is 0 Å². The number of anilines is 4. The zero-order valence-electron chi connectivity index (χ0n) is 18.7. The van der Waals surface area contributed by atoms with Crippen molar-refractivity contribution in [3.63, 3.8) is 0 Å². The predicted octanol–water partition coefficient (Wildman–Crippen LogP) is 5.89. The highest BCUT2D eigenvalue weighted by molar-refractivity contribution is 6.39. The predicted molar refractivity (Wildman–Crippen MR) is 137 cm³/mol. The number of para-hydroxylation sites is 1. The Kier molecular flexibility index (Phi) is 8.05. The smallest absolute Gasteiger partial charge is 0.324 e. The Bertz CT molecular complexity index is 1100. The van der Waals surface area contributed by atoms with Gasteiger partial charge in [0.1, 0.15) is 23.7 Å². The Balaban J connectivity index is 1.30. The number of aromatic nitrogens is 2. The topological polar surface area (TPSA) is 91.4 Å². The van der Waals surface area contributed by atoms with Gasteiger partial charge in [0.2, 0.25) is 0 Å². The molecule has 10 heteroatoms. The zero-order chi connectivity index (χ0) is 23.9.